The number of aromatic amines is 1. The molecule has 2 N–H and O–H groups in total. The molecule has 2 saturated heterocycles. The summed E-state index contributed by atoms with van der Waals surface area (Å²) in [5, 5.41) is 10.5. The molecule has 29 heavy (non-hydrogen) atoms. The van der Waals surface area contributed by atoms with Crippen molar-refractivity contribution >= 4 is 23.4 Å². The molecule has 3 aliphatic rings. The molecule has 2 amide bonds. The summed E-state index contributed by atoms with van der Waals surface area (Å²) in [4.78, 5) is 30.0. The second-order valence-corrected chi connectivity index (χ2v) is 8.58. The van der Waals surface area contributed by atoms with Gasteiger partial charge in [0.2, 0.25) is 0 Å². The van der Waals surface area contributed by atoms with Crippen molar-refractivity contribution in [1.82, 2.24) is 25.3 Å². The Hall–Kier alpha value is -2.38. The fraction of sp³-hybridized carbons (Fsp3) is 0.476. The molecule has 1 aliphatic carbocycles. The van der Waals surface area contributed by atoms with Crippen molar-refractivity contribution < 1.29 is 9.59 Å². The highest BCUT2D eigenvalue weighted by molar-refractivity contribution is 6.34. The quantitative estimate of drug-likeness (QED) is 0.787. The van der Waals surface area contributed by atoms with E-state index in [1.54, 1.807) is 0 Å². The van der Waals surface area contributed by atoms with Gasteiger partial charge in [-0.25, -0.2) is 0 Å². The number of rotatable bonds is 5. The molecule has 1 unspecified atom stereocenters. The van der Waals surface area contributed by atoms with E-state index in [0.29, 0.717) is 29.6 Å². The van der Waals surface area contributed by atoms with Crippen LogP contribution in [0.1, 0.15) is 51.7 Å². The molecule has 1 aromatic carbocycles. The number of amides is 2. The van der Waals surface area contributed by atoms with Crippen LogP contribution in [0.4, 0.5) is 0 Å². The number of benzene rings is 1. The van der Waals surface area contributed by atoms with Crippen LogP contribution in [0.5, 0.6) is 0 Å². The molecule has 0 radical (unpaired) electrons. The van der Waals surface area contributed by atoms with E-state index in [0.717, 1.165) is 38.0 Å². The first-order valence-electron chi connectivity index (χ1n) is 10.2. The van der Waals surface area contributed by atoms with E-state index < -0.39 is 0 Å². The minimum Gasteiger partial charge on any atom is -0.349 e. The van der Waals surface area contributed by atoms with Crippen molar-refractivity contribution in [1.29, 1.82) is 0 Å². The number of hydrogen-bond acceptors (Lipinski definition) is 4. The Morgan fingerprint density at radius 3 is 2.72 bits per heavy atom. The van der Waals surface area contributed by atoms with Gasteiger partial charge in [-0.2, -0.15) is 5.10 Å². The molecule has 8 heteroatoms. The molecule has 5 rings (SSSR count). The standard InChI is InChI=1S/C21H24ClN5O2/c22-17-18(13-6-7-13)24-25-19(17)20(28)23-10-16-12-27(15-8-9-26(16)11-15)21(29)14-4-2-1-3-5-14/h1-5,13,15-16H,6-12H2,(H,23,28)(H,24,25)/t15-,16-/m0/s1. The number of hydrogen-bond donors (Lipinski definition) is 2. The van der Waals surface area contributed by atoms with Gasteiger partial charge in [-0.1, -0.05) is 29.8 Å². The third-order valence-corrected chi connectivity index (χ3v) is 6.66. The maximum atomic E-state index is 13.0. The Morgan fingerprint density at radius 1 is 1.17 bits per heavy atom. The monoisotopic (exact) mass is 413 g/mol. The van der Waals surface area contributed by atoms with Crippen LogP contribution in [0.25, 0.3) is 0 Å². The minimum atomic E-state index is -0.264. The van der Waals surface area contributed by atoms with Crippen molar-refractivity contribution in [3.63, 3.8) is 0 Å². The molecule has 3 heterocycles. The second-order valence-electron chi connectivity index (χ2n) is 8.20. The Kier molecular flexibility index (Phi) is 4.80. The third kappa shape index (κ3) is 3.53. The van der Waals surface area contributed by atoms with E-state index in [4.69, 9.17) is 11.6 Å². The van der Waals surface area contributed by atoms with Crippen molar-refractivity contribution in [2.75, 3.05) is 26.2 Å². The number of nitrogens with zero attached hydrogens (tertiary/aromatic N) is 3. The third-order valence-electron chi connectivity index (χ3n) is 6.27. The van der Waals surface area contributed by atoms with Gasteiger partial charge in [0.1, 0.15) is 0 Å². The van der Waals surface area contributed by atoms with E-state index >= 15 is 0 Å². The number of piperazine rings is 1. The predicted octanol–water partition coefficient (Wildman–Crippen LogP) is 2.27. The molecule has 2 aromatic rings. The highest BCUT2D eigenvalue weighted by Gasteiger charge is 2.41. The van der Waals surface area contributed by atoms with Crippen molar-refractivity contribution in [3.05, 3.63) is 52.3 Å². The Balaban J connectivity index is 1.25. The zero-order chi connectivity index (χ0) is 20.0. The lowest BCUT2D eigenvalue weighted by Crippen LogP contribution is -2.57. The van der Waals surface area contributed by atoms with Gasteiger partial charge in [0.25, 0.3) is 11.8 Å². The summed E-state index contributed by atoms with van der Waals surface area (Å²) in [7, 11) is 0. The maximum Gasteiger partial charge on any atom is 0.273 e. The largest absolute Gasteiger partial charge is 0.349 e. The van der Waals surface area contributed by atoms with Gasteiger partial charge in [0.15, 0.2) is 5.69 Å². The highest BCUT2D eigenvalue weighted by Crippen LogP contribution is 2.42. The molecule has 3 atom stereocenters. The van der Waals surface area contributed by atoms with Gasteiger partial charge in [-0.3, -0.25) is 19.6 Å². The van der Waals surface area contributed by atoms with Crippen molar-refractivity contribution in [3.8, 4) is 0 Å². The first-order valence-corrected chi connectivity index (χ1v) is 10.6. The zero-order valence-corrected chi connectivity index (χ0v) is 16.9. The highest BCUT2D eigenvalue weighted by atomic mass is 35.5. The molecule has 0 spiro atoms. The van der Waals surface area contributed by atoms with Crippen LogP contribution >= 0.6 is 11.6 Å². The molecule has 152 valence electrons. The Labute approximate surface area is 174 Å². The lowest BCUT2D eigenvalue weighted by molar-refractivity contribution is 0.0493. The SMILES string of the molecule is O=C(NC[C@H]1CN(C(=O)c2ccccc2)[C@H]2CCN1C2)c1n[nH]c(C2CC2)c1Cl. The molecule has 1 saturated carbocycles. The summed E-state index contributed by atoms with van der Waals surface area (Å²) in [5.74, 6) is 0.215. The number of nitrogens with one attached hydrogen (secondary N) is 2. The fourth-order valence-corrected chi connectivity index (χ4v) is 4.79. The van der Waals surface area contributed by atoms with Gasteiger partial charge in [0.05, 0.1) is 10.7 Å². The fourth-order valence-electron chi connectivity index (χ4n) is 4.46. The predicted molar refractivity (Wildman–Crippen MR) is 109 cm³/mol. The summed E-state index contributed by atoms with van der Waals surface area (Å²) >= 11 is 6.35. The molecule has 2 aliphatic heterocycles. The van der Waals surface area contributed by atoms with Crippen LogP contribution in [-0.4, -0.2) is 70.1 Å². The number of halogens is 1. The average Bonchev–Trinajstić information content (AvgIpc) is 3.40. The van der Waals surface area contributed by atoms with Crippen LogP contribution in [0.3, 0.4) is 0 Å². The van der Waals surface area contributed by atoms with Crippen molar-refractivity contribution in [2.45, 2.75) is 37.3 Å². The van der Waals surface area contributed by atoms with E-state index in [9.17, 15) is 9.59 Å². The summed E-state index contributed by atoms with van der Waals surface area (Å²) in [6, 6.07) is 9.74. The molecule has 7 nitrogen and oxygen atoms in total. The number of fused-ring (bicyclic) bond motifs is 2. The molecule has 1 aromatic heterocycles. The molecule has 3 fully saturated rings. The van der Waals surface area contributed by atoms with E-state index in [1.165, 1.54) is 0 Å². The average molecular weight is 414 g/mol. The van der Waals surface area contributed by atoms with Crippen LogP contribution in [0.2, 0.25) is 5.02 Å². The molecular weight excluding hydrogens is 390 g/mol. The van der Waals surface area contributed by atoms with Crippen LogP contribution in [0, 0.1) is 0 Å². The van der Waals surface area contributed by atoms with Gasteiger partial charge in [-0.15, -0.1) is 0 Å². The first-order chi connectivity index (χ1) is 14.1. The van der Waals surface area contributed by atoms with Crippen LogP contribution < -0.4 is 5.32 Å². The van der Waals surface area contributed by atoms with E-state index in [2.05, 4.69) is 20.4 Å². The summed E-state index contributed by atoms with van der Waals surface area (Å²) < 4.78 is 0. The van der Waals surface area contributed by atoms with E-state index in [1.807, 2.05) is 35.2 Å². The summed E-state index contributed by atoms with van der Waals surface area (Å²) in [6.07, 6.45) is 3.15. The van der Waals surface area contributed by atoms with Gasteiger partial charge < -0.3 is 10.2 Å². The Morgan fingerprint density at radius 2 is 1.97 bits per heavy atom. The smallest absolute Gasteiger partial charge is 0.273 e. The summed E-state index contributed by atoms with van der Waals surface area (Å²) in [6.45, 7) is 2.87. The first kappa shape index (κ1) is 18.6. The van der Waals surface area contributed by atoms with E-state index in [-0.39, 0.29) is 29.6 Å². The second kappa shape index (κ2) is 7.46. The topological polar surface area (TPSA) is 81.3 Å². The summed E-state index contributed by atoms with van der Waals surface area (Å²) in [5.41, 5.74) is 1.85. The van der Waals surface area contributed by atoms with Gasteiger partial charge >= 0.3 is 0 Å². The molecule has 2 bridgehead atoms. The van der Waals surface area contributed by atoms with Crippen molar-refractivity contribution in [2.24, 2.45) is 0 Å². The number of carbonyl (C=O) groups is 2. The normalized spacial score (nSPS) is 25.8. The molecular formula is C21H24ClN5O2. The lowest BCUT2D eigenvalue weighted by Gasteiger charge is -2.40. The maximum absolute atomic E-state index is 13.0. The van der Waals surface area contributed by atoms with Crippen LogP contribution in [-0.2, 0) is 0 Å². The Bertz CT molecular complexity index is 926. The number of H-pyrrole nitrogens is 1. The van der Waals surface area contributed by atoms with Crippen LogP contribution in [0.15, 0.2) is 30.3 Å². The zero-order valence-electron chi connectivity index (χ0n) is 16.1. The minimum absolute atomic E-state index is 0.0675. The van der Waals surface area contributed by atoms with Gasteiger partial charge in [0, 0.05) is 49.7 Å². The number of aromatic nitrogens is 2. The lowest BCUT2D eigenvalue weighted by atomic mass is 10.1. The van der Waals surface area contributed by atoms with Gasteiger partial charge in [-0.05, 0) is 31.4 Å². The number of carbonyl (C=O) groups excluding carboxylic acids is 2.